The summed E-state index contributed by atoms with van der Waals surface area (Å²) in [5, 5.41) is 2.86. The van der Waals surface area contributed by atoms with Crippen molar-refractivity contribution in [2.75, 3.05) is 10.8 Å². The molecular formula is C30H36FN3O4S. The Labute approximate surface area is 230 Å². The molecule has 0 radical (unpaired) electrons. The highest BCUT2D eigenvalue weighted by molar-refractivity contribution is 7.92. The highest BCUT2D eigenvalue weighted by atomic mass is 32.2. The second kappa shape index (κ2) is 12.9. The lowest BCUT2D eigenvalue weighted by Gasteiger charge is -2.33. The molecule has 0 aliphatic rings. The Bertz CT molecular complexity index is 1410. The van der Waals surface area contributed by atoms with Gasteiger partial charge in [0.15, 0.2) is 0 Å². The third-order valence-electron chi connectivity index (χ3n) is 6.74. The topological polar surface area (TPSA) is 86.8 Å². The number of carbonyl (C=O) groups is 2. The minimum atomic E-state index is -4.16. The molecule has 2 amide bonds. The maximum absolute atomic E-state index is 14.6. The van der Waals surface area contributed by atoms with E-state index in [9.17, 15) is 22.4 Å². The first-order valence-corrected chi connectivity index (χ1v) is 14.4. The van der Waals surface area contributed by atoms with Gasteiger partial charge >= 0.3 is 0 Å². The minimum Gasteiger partial charge on any atom is -0.352 e. The molecule has 0 aliphatic heterocycles. The van der Waals surface area contributed by atoms with Crippen LogP contribution in [0.4, 0.5) is 10.1 Å². The van der Waals surface area contributed by atoms with Crippen LogP contribution in [0, 0.1) is 19.7 Å². The Morgan fingerprint density at radius 1 is 0.923 bits per heavy atom. The molecule has 2 atom stereocenters. The highest BCUT2D eigenvalue weighted by Crippen LogP contribution is 2.27. The zero-order chi connectivity index (χ0) is 28.7. The fraction of sp³-hybridized carbons (Fsp3) is 0.333. The molecule has 0 saturated carbocycles. The molecule has 0 saturated heterocycles. The van der Waals surface area contributed by atoms with Gasteiger partial charge in [-0.15, -0.1) is 0 Å². The van der Waals surface area contributed by atoms with Gasteiger partial charge in [-0.1, -0.05) is 61.0 Å². The fourth-order valence-corrected chi connectivity index (χ4v) is 5.53. The maximum Gasteiger partial charge on any atom is 0.264 e. The zero-order valence-corrected chi connectivity index (χ0v) is 23.8. The van der Waals surface area contributed by atoms with Crippen molar-refractivity contribution >= 4 is 27.5 Å². The predicted molar refractivity (Wildman–Crippen MR) is 151 cm³/mol. The van der Waals surface area contributed by atoms with Gasteiger partial charge in [-0.3, -0.25) is 13.9 Å². The number of sulfonamides is 1. The van der Waals surface area contributed by atoms with Gasteiger partial charge in [-0.2, -0.15) is 0 Å². The number of rotatable bonds is 11. The van der Waals surface area contributed by atoms with Crippen molar-refractivity contribution in [1.29, 1.82) is 0 Å². The molecule has 3 aromatic rings. The lowest BCUT2D eigenvalue weighted by atomic mass is 10.1. The van der Waals surface area contributed by atoms with Crippen molar-refractivity contribution in [2.24, 2.45) is 0 Å². The van der Waals surface area contributed by atoms with Crippen molar-refractivity contribution in [3.63, 3.8) is 0 Å². The Kier molecular flexibility index (Phi) is 9.86. The van der Waals surface area contributed by atoms with E-state index in [1.165, 1.54) is 35.2 Å². The average molecular weight is 554 g/mol. The Morgan fingerprint density at radius 3 is 2.15 bits per heavy atom. The molecule has 9 heteroatoms. The lowest BCUT2D eigenvalue weighted by molar-refractivity contribution is -0.139. The van der Waals surface area contributed by atoms with Crippen LogP contribution >= 0.6 is 0 Å². The van der Waals surface area contributed by atoms with Crippen molar-refractivity contribution in [3.05, 3.63) is 95.3 Å². The van der Waals surface area contributed by atoms with Crippen LogP contribution in [0.15, 0.2) is 77.7 Å². The Morgan fingerprint density at radius 2 is 1.54 bits per heavy atom. The van der Waals surface area contributed by atoms with Crippen LogP contribution in [-0.2, 0) is 26.2 Å². The number of amides is 2. The second-order valence-corrected chi connectivity index (χ2v) is 11.6. The monoisotopic (exact) mass is 553 g/mol. The minimum absolute atomic E-state index is 0.0346. The number of nitrogens with zero attached hydrogens (tertiary/aromatic N) is 2. The first-order valence-electron chi connectivity index (χ1n) is 12.9. The number of aryl methyl sites for hydroxylation is 2. The van der Waals surface area contributed by atoms with E-state index in [4.69, 9.17) is 0 Å². The lowest BCUT2D eigenvalue weighted by Crippen LogP contribution is -2.52. The van der Waals surface area contributed by atoms with Crippen molar-refractivity contribution in [1.82, 2.24) is 10.2 Å². The van der Waals surface area contributed by atoms with E-state index < -0.39 is 40.2 Å². The Hall–Kier alpha value is -3.72. The molecule has 7 nitrogen and oxygen atoms in total. The Balaban J connectivity index is 2.05. The van der Waals surface area contributed by atoms with E-state index >= 15 is 0 Å². The van der Waals surface area contributed by atoms with E-state index in [1.807, 2.05) is 20.8 Å². The number of carbonyl (C=O) groups excluding carboxylic acids is 2. The number of hydrogen-bond donors (Lipinski definition) is 1. The average Bonchev–Trinajstić information content (AvgIpc) is 2.91. The molecule has 3 aromatic carbocycles. The zero-order valence-electron chi connectivity index (χ0n) is 23.0. The first kappa shape index (κ1) is 29.8. The number of benzene rings is 3. The molecule has 0 spiro atoms. The summed E-state index contributed by atoms with van der Waals surface area (Å²) in [4.78, 5) is 28.2. The molecular weight excluding hydrogens is 517 g/mol. The molecule has 208 valence electrons. The van der Waals surface area contributed by atoms with Gasteiger partial charge in [-0.05, 0) is 63.9 Å². The van der Waals surface area contributed by atoms with Gasteiger partial charge in [0.2, 0.25) is 11.8 Å². The van der Waals surface area contributed by atoms with Gasteiger partial charge < -0.3 is 10.2 Å². The summed E-state index contributed by atoms with van der Waals surface area (Å²) >= 11 is 0. The fourth-order valence-electron chi connectivity index (χ4n) is 4.05. The summed E-state index contributed by atoms with van der Waals surface area (Å²) in [6, 6.07) is 18.2. The molecule has 0 bridgehead atoms. The molecule has 39 heavy (non-hydrogen) atoms. The van der Waals surface area contributed by atoms with Crippen LogP contribution in [-0.4, -0.2) is 43.8 Å². The summed E-state index contributed by atoms with van der Waals surface area (Å²) in [6.07, 6.45) is 0.690. The number of hydrogen-bond acceptors (Lipinski definition) is 4. The number of halogens is 1. The quantitative estimate of drug-likeness (QED) is 0.363. The van der Waals surface area contributed by atoms with Gasteiger partial charge in [0, 0.05) is 18.2 Å². The molecule has 1 N–H and O–H groups in total. The third kappa shape index (κ3) is 7.23. The van der Waals surface area contributed by atoms with Crippen molar-refractivity contribution < 1.29 is 22.4 Å². The van der Waals surface area contributed by atoms with Crippen LogP contribution in [0.3, 0.4) is 0 Å². The van der Waals surface area contributed by atoms with E-state index in [1.54, 1.807) is 56.3 Å². The van der Waals surface area contributed by atoms with Crippen LogP contribution in [0.25, 0.3) is 0 Å². The van der Waals surface area contributed by atoms with E-state index in [2.05, 4.69) is 5.32 Å². The number of anilines is 1. The van der Waals surface area contributed by atoms with E-state index in [0.29, 0.717) is 17.7 Å². The van der Waals surface area contributed by atoms with Gasteiger partial charge in [-0.25, -0.2) is 12.8 Å². The van der Waals surface area contributed by atoms with Crippen LogP contribution in [0.2, 0.25) is 0 Å². The summed E-state index contributed by atoms with van der Waals surface area (Å²) in [7, 11) is -4.16. The SMILES string of the molecule is CC[C@H](C)NC(=O)[C@H](C)N(Cc1ccccc1F)C(=O)CN(c1ccccc1C)S(=O)(=O)c1ccc(C)cc1. The largest absolute Gasteiger partial charge is 0.352 e. The first-order chi connectivity index (χ1) is 18.4. The van der Waals surface area contributed by atoms with Crippen molar-refractivity contribution in [3.8, 4) is 0 Å². The van der Waals surface area contributed by atoms with E-state index in [0.717, 1.165) is 9.87 Å². The van der Waals surface area contributed by atoms with E-state index in [-0.39, 0.29) is 23.0 Å². The number of nitrogens with one attached hydrogen (secondary N) is 1. The predicted octanol–water partition coefficient (Wildman–Crippen LogP) is 4.97. The second-order valence-electron chi connectivity index (χ2n) is 9.72. The van der Waals surface area contributed by atoms with Crippen molar-refractivity contribution in [2.45, 2.75) is 64.6 Å². The standard InChI is InChI=1S/C30H36FN3O4S/c1-6-23(4)32-30(36)24(5)33(19-25-12-8-9-13-27(25)31)29(35)20-34(28-14-10-7-11-22(28)3)39(37,38)26-17-15-21(2)16-18-26/h7-18,23-24H,6,19-20H2,1-5H3,(H,32,36)/t23-,24-/m0/s1. The normalized spacial score (nSPS) is 12.9. The van der Waals surface area contributed by atoms with Crippen LogP contribution in [0.1, 0.15) is 43.9 Å². The smallest absolute Gasteiger partial charge is 0.264 e. The molecule has 0 heterocycles. The molecule has 0 fully saturated rings. The van der Waals surface area contributed by atoms with Gasteiger partial charge in [0.1, 0.15) is 18.4 Å². The summed E-state index contributed by atoms with van der Waals surface area (Å²) < 4.78 is 43.4. The van der Waals surface area contributed by atoms with Gasteiger partial charge in [0.05, 0.1) is 10.6 Å². The number of para-hydroxylation sites is 1. The third-order valence-corrected chi connectivity index (χ3v) is 8.51. The molecule has 0 aliphatic carbocycles. The molecule has 0 unspecified atom stereocenters. The summed E-state index contributed by atoms with van der Waals surface area (Å²) in [5.74, 6) is -1.56. The highest BCUT2D eigenvalue weighted by Gasteiger charge is 2.33. The summed E-state index contributed by atoms with van der Waals surface area (Å²) in [5.41, 5.74) is 2.11. The maximum atomic E-state index is 14.6. The summed E-state index contributed by atoms with van der Waals surface area (Å²) in [6.45, 7) is 8.17. The van der Waals surface area contributed by atoms with Gasteiger partial charge in [0.25, 0.3) is 10.0 Å². The van der Waals surface area contributed by atoms with Crippen LogP contribution < -0.4 is 9.62 Å². The molecule has 3 rings (SSSR count). The molecule has 0 aromatic heterocycles. The van der Waals surface area contributed by atoms with Crippen LogP contribution in [0.5, 0.6) is 0 Å².